The molecule has 0 saturated carbocycles. The van der Waals surface area contributed by atoms with Crippen LogP contribution in [0.4, 0.5) is 10.1 Å². The van der Waals surface area contributed by atoms with Crippen molar-refractivity contribution >= 4 is 40.4 Å². The minimum atomic E-state index is -1.10. The van der Waals surface area contributed by atoms with Crippen LogP contribution in [0.5, 0.6) is 23.0 Å². The number of carbonyl (C=O) groups is 1. The third-order valence-electron chi connectivity index (χ3n) is 7.10. The molecule has 0 spiro atoms. The zero-order valence-electron chi connectivity index (χ0n) is 24.1. The number of methoxy groups -OCH3 is 4. The highest BCUT2D eigenvalue weighted by molar-refractivity contribution is 7.07. The Morgan fingerprint density at radius 3 is 2.27 bits per heavy atom. The molecule has 1 amide bonds. The molecule has 0 bridgehead atoms. The van der Waals surface area contributed by atoms with Gasteiger partial charge in [-0.1, -0.05) is 36.4 Å². The molecule has 1 aliphatic rings. The molecular formula is C32H27FN4O6S. The Balaban J connectivity index is 1.88. The molecule has 10 nitrogen and oxygen atoms in total. The number of ether oxygens (including phenoxy) is 4. The number of anilines is 1. The molecular weight excluding hydrogens is 587 g/mol. The predicted octanol–water partition coefficient (Wildman–Crippen LogP) is 3.15. The van der Waals surface area contributed by atoms with Crippen LogP contribution < -0.4 is 44.8 Å². The summed E-state index contributed by atoms with van der Waals surface area (Å²) in [6.07, 6.45) is 1.59. The van der Waals surface area contributed by atoms with Gasteiger partial charge in [0.15, 0.2) is 23.0 Å². The minimum absolute atomic E-state index is 0.00934. The van der Waals surface area contributed by atoms with Gasteiger partial charge in [-0.25, -0.2) is 4.39 Å². The summed E-state index contributed by atoms with van der Waals surface area (Å²) in [6, 6.07) is 18.0. The molecule has 5 rings (SSSR count). The quantitative estimate of drug-likeness (QED) is 0.309. The number of carbonyl (C=O) groups excluding carboxylic acids is 1. The summed E-state index contributed by atoms with van der Waals surface area (Å²) in [6.45, 7) is 0. The van der Waals surface area contributed by atoms with E-state index in [1.54, 1.807) is 48.5 Å². The van der Waals surface area contributed by atoms with Crippen molar-refractivity contribution in [3.8, 4) is 29.1 Å². The Morgan fingerprint density at radius 2 is 1.64 bits per heavy atom. The molecule has 0 radical (unpaired) electrons. The Kier molecular flexibility index (Phi) is 8.41. The van der Waals surface area contributed by atoms with Gasteiger partial charge in [0, 0.05) is 11.1 Å². The van der Waals surface area contributed by atoms with Crippen molar-refractivity contribution < 1.29 is 28.1 Å². The first-order valence-corrected chi connectivity index (χ1v) is 14.0. The number of hydrogen-bond acceptors (Lipinski definition) is 9. The maximum atomic E-state index is 14.7. The summed E-state index contributed by atoms with van der Waals surface area (Å²) in [5.74, 6) is -1.20. The molecule has 1 unspecified atom stereocenters. The smallest absolute Gasteiger partial charge is 0.274 e. The lowest BCUT2D eigenvalue weighted by atomic mass is 9.82. The molecule has 0 aliphatic carbocycles. The highest BCUT2D eigenvalue weighted by atomic mass is 32.1. The fraction of sp³-hybridized carbons (Fsp3) is 0.156. The first-order chi connectivity index (χ1) is 21.3. The highest BCUT2D eigenvalue weighted by Crippen LogP contribution is 2.44. The summed E-state index contributed by atoms with van der Waals surface area (Å²) < 4.78 is 38.2. The predicted molar refractivity (Wildman–Crippen MR) is 165 cm³/mol. The van der Waals surface area contributed by atoms with E-state index in [-0.39, 0.29) is 37.6 Å². The van der Waals surface area contributed by atoms with Gasteiger partial charge in [0.25, 0.3) is 11.5 Å². The SMILES string of the molecule is COc1cccc(/C=c2\sc3n(c2=O)C(N)=C(C#N)C(c2cccc(OC)c2OC)C=3C(=O)Nc2ccccc2F)c1OC. The monoisotopic (exact) mass is 614 g/mol. The maximum absolute atomic E-state index is 14.7. The zero-order valence-corrected chi connectivity index (χ0v) is 25.0. The number of thiazole rings is 1. The van der Waals surface area contributed by atoms with E-state index in [2.05, 4.69) is 11.4 Å². The van der Waals surface area contributed by atoms with Crippen molar-refractivity contribution in [2.75, 3.05) is 33.8 Å². The van der Waals surface area contributed by atoms with E-state index in [1.165, 1.54) is 46.6 Å². The number of halogens is 1. The number of nitrogens with zero attached hydrogens (tertiary/aromatic N) is 2. The lowest BCUT2D eigenvalue weighted by Crippen LogP contribution is -2.40. The number of nitriles is 1. The third-order valence-corrected chi connectivity index (χ3v) is 8.21. The van der Waals surface area contributed by atoms with E-state index in [1.807, 2.05) is 0 Å². The molecule has 2 heterocycles. The summed E-state index contributed by atoms with van der Waals surface area (Å²) in [5.41, 5.74) is 6.72. The van der Waals surface area contributed by atoms with Crippen LogP contribution >= 0.6 is 11.3 Å². The summed E-state index contributed by atoms with van der Waals surface area (Å²) >= 11 is 0.990. The van der Waals surface area contributed by atoms with Crippen LogP contribution in [0.25, 0.3) is 17.5 Å². The number of nitrogens with one attached hydrogen (secondary N) is 1. The molecule has 4 aromatic rings. The summed E-state index contributed by atoms with van der Waals surface area (Å²) in [5, 5.41) is 13.0. The number of nitrogens with two attached hydrogens (primary N) is 1. The van der Waals surface area contributed by atoms with Crippen LogP contribution in [-0.4, -0.2) is 38.9 Å². The van der Waals surface area contributed by atoms with Gasteiger partial charge in [0.1, 0.15) is 16.3 Å². The van der Waals surface area contributed by atoms with Gasteiger partial charge in [0.05, 0.1) is 61.8 Å². The standard InChI is InChI=1S/C32H27FN4O6S/c1-40-22-13-7-9-17(27(22)42-3)15-24-31(39)37-29(35)19(16-34)25(18-10-8-14-23(41-2)28(18)43-4)26(32(37)44-24)30(38)36-21-12-6-5-11-20(21)33/h5-15,25H,35H2,1-4H3,(H,36,38)/b24-15-. The number of benzene rings is 3. The van der Waals surface area contributed by atoms with Crippen LogP contribution in [-0.2, 0) is 4.79 Å². The first kappa shape index (κ1) is 29.9. The second-order valence-electron chi connectivity index (χ2n) is 9.41. The van der Waals surface area contributed by atoms with Gasteiger partial charge >= 0.3 is 0 Å². The van der Waals surface area contributed by atoms with Gasteiger partial charge in [0.2, 0.25) is 0 Å². The number of rotatable bonds is 8. The van der Waals surface area contributed by atoms with E-state index in [4.69, 9.17) is 24.7 Å². The van der Waals surface area contributed by atoms with Crippen molar-refractivity contribution in [1.82, 2.24) is 4.57 Å². The Morgan fingerprint density at radius 1 is 0.977 bits per heavy atom. The van der Waals surface area contributed by atoms with E-state index in [0.29, 0.717) is 28.4 Å². The number of aromatic nitrogens is 1. The largest absolute Gasteiger partial charge is 0.493 e. The molecule has 12 heteroatoms. The van der Waals surface area contributed by atoms with Crippen molar-refractivity contribution in [3.05, 3.63) is 103 Å². The minimum Gasteiger partial charge on any atom is -0.493 e. The number of hydrogen-bond donors (Lipinski definition) is 2. The van der Waals surface area contributed by atoms with Crippen LogP contribution in [0.3, 0.4) is 0 Å². The molecule has 3 N–H and O–H groups in total. The van der Waals surface area contributed by atoms with Crippen molar-refractivity contribution in [2.24, 2.45) is 5.73 Å². The first-order valence-electron chi connectivity index (χ1n) is 13.1. The normalized spacial score (nSPS) is 14.5. The molecule has 1 aliphatic heterocycles. The molecule has 224 valence electrons. The van der Waals surface area contributed by atoms with Crippen LogP contribution in [0.2, 0.25) is 0 Å². The van der Waals surface area contributed by atoms with Crippen LogP contribution in [0.15, 0.2) is 71.0 Å². The molecule has 1 atom stereocenters. The fourth-order valence-electron chi connectivity index (χ4n) is 5.14. The van der Waals surface area contributed by atoms with Crippen LogP contribution in [0.1, 0.15) is 17.0 Å². The van der Waals surface area contributed by atoms with E-state index in [0.717, 1.165) is 15.9 Å². The second-order valence-corrected chi connectivity index (χ2v) is 10.4. The third kappa shape index (κ3) is 5.03. The summed E-state index contributed by atoms with van der Waals surface area (Å²) in [4.78, 5) is 28.0. The lowest BCUT2D eigenvalue weighted by molar-refractivity contribution is -0.111. The van der Waals surface area contributed by atoms with Crippen molar-refractivity contribution in [2.45, 2.75) is 5.92 Å². The van der Waals surface area contributed by atoms with E-state index >= 15 is 0 Å². The maximum Gasteiger partial charge on any atom is 0.274 e. The molecule has 0 saturated heterocycles. The Hall–Kier alpha value is -5.54. The topological polar surface area (TPSA) is 138 Å². The van der Waals surface area contributed by atoms with Gasteiger partial charge in [-0.15, -0.1) is 11.3 Å². The van der Waals surface area contributed by atoms with E-state index < -0.39 is 23.2 Å². The molecule has 3 aromatic carbocycles. The number of fused-ring (bicyclic) bond motifs is 1. The summed E-state index contributed by atoms with van der Waals surface area (Å²) in [7, 11) is 5.86. The van der Waals surface area contributed by atoms with Crippen molar-refractivity contribution in [3.63, 3.8) is 0 Å². The molecule has 44 heavy (non-hydrogen) atoms. The second kappa shape index (κ2) is 12.4. The lowest BCUT2D eigenvalue weighted by Gasteiger charge is -2.27. The number of amides is 1. The number of para-hydroxylation sites is 3. The van der Waals surface area contributed by atoms with E-state index in [9.17, 15) is 19.2 Å². The van der Waals surface area contributed by atoms with Crippen LogP contribution in [0, 0.1) is 17.1 Å². The average molecular weight is 615 g/mol. The highest BCUT2D eigenvalue weighted by Gasteiger charge is 2.38. The van der Waals surface area contributed by atoms with Gasteiger partial charge < -0.3 is 30.0 Å². The number of allylic oxidation sites excluding steroid dienone is 1. The van der Waals surface area contributed by atoms with Gasteiger partial charge in [-0.3, -0.25) is 14.2 Å². The average Bonchev–Trinajstić information content (AvgIpc) is 3.36. The Bertz CT molecular complexity index is 2040. The Labute approximate surface area is 255 Å². The fourth-order valence-corrected chi connectivity index (χ4v) is 6.30. The molecule has 1 aromatic heterocycles. The van der Waals surface area contributed by atoms with Crippen molar-refractivity contribution in [1.29, 1.82) is 5.26 Å². The van der Waals surface area contributed by atoms with Gasteiger partial charge in [-0.05, 0) is 30.3 Å². The zero-order chi connectivity index (χ0) is 31.5. The molecule has 0 fully saturated rings. The van der Waals surface area contributed by atoms with Gasteiger partial charge in [-0.2, -0.15) is 5.26 Å².